The summed E-state index contributed by atoms with van der Waals surface area (Å²) in [5, 5.41) is 2.78. The summed E-state index contributed by atoms with van der Waals surface area (Å²) >= 11 is 0. The highest BCUT2D eigenvalue weighted by molar-refractivity contribution is 5.78. The zero-order valence-electron chi connectivity index (χ0n) is 17.6. The van der Waals surface area contributed by atoms with Crippen LogP contribution in [0.1, 0.15) is 52.5 Å². The van der Waals surface area contributed by atoms with E-state index < -0.39 is 29.6 Å². The summed E-state index contributed by atoms with van der Waals surface area (Å²) in [7, 11) is 0. The molecule has 160 valence electrons. The van der Waals surface area contributed by atoms with E-state index in [2.05, 4.69) is 5.32 Å². The van der Waals surface area contributed by atoms with E-state index in [1.54, 1.807) is 27.7 Å². The molecule has 29 heavy (non-hydrogen) atoms. The van der Waals surface area contributed by atoms with E-state index in [-0.39, 0.29) is 24.9 Å². The second kappa shape index (κ2) is 10.3. The highest BCUT2D eigenvalue weighted by Gasteiger charge is 2.41. The molecule has 3 atom stereocenters. The molecule has 1 fully saturated rings. The van der Waals surface area contributed by atoms with Gasteiger partial charge >= 0.3 is 18.0 Å². The summed E-state index contributed by atoms with van der Waals surface area (Å²) in [5.41, 5.74) is 0.212. The number of amides is 1. The van der Waals surface area contributed by atoms with Gasteiger partial charge in [-0.3, -0.25) is 9.59 Å². The number of ether oxygens (including phenoxy) is 3. The third-order valence-electron chi connectivity index (χ3n) is 4.70. The Labute approximate surface area is 172 Å². The smallest absolute Gasteiger partial charge is 0.407 e. The molecule has 1 aromatic carbocycles. The standard InChI is InChI=1S/C22H31NO6/c1-5-27-19(24)16-11-12-18(17(13-16)20(25)29-22(2,3)4)23-21(26)28-14-15-9-7-6-8-10-15/h6-10,16-18H,5,11-14H2,1-4H3,(H,23,26)/t16-,17+,18+/m0/s1. The molecule has 0 aliphatic heterocycles. The van der Waals surface area contributed by atoms with Crippen LogP contribution in [0.4, 0.5) is 4.79 Å². The highest BCUT2D eigenvalue weighted by Crippen LogP contribution is 2.32. The van der Waals surface area contributed by atoms with E-state index in [1.165, 1.54) is 0 Å². The second-order valence-electron chi connectivity index (χ2n) is 8.21. The SMILES string of the molecule is CCOC(=O)[C@H]1CC[C@@H](NC(=O)OCc2ccccc2)[C@H](C(=O)OC(C)(C)C)C1. The average molecular weight is 405 g/mol. The van der Waals surface area contributed by atoms with Crippen LogP contribution in [-0.4, -0.2) is 36.3 Å². The number of carbonyl (C=O) groups is 3. The summed E-state index contributed by atoms with van der Waals surface area (Å²) in [6, 6.07) is 8.89. The van der Waals surface area contributed by atoms with Gasteiger partial charge in [-0.15, -0.1) is 0 Å². The van der Waals surface area contributed by atoms with Crippen LogP contribution >= 0.6 is 0 Å². The van der Waals surface area contributed by atoms with Crippen LogP contribution in [0.2, 0.25) is 0 Å². The monoisotopic (exact) mass is 405 g/mol. The van der Waals surface area contributed by atoms with Gasteiger partial charge in [0.05, 0.1) is 18.4 Å². The Balaban J connectivity index is 2.01. The van der Waals surface area contributed by atoms with E-state index in [0.29, 0.717) is 19.4 Å². The molecule has 1 amide bonds. The van der Waals surface area contributed by atoms with Crippen LogP contribution in [0.15, 0.2) is 30.3 Å². The number of carbonyl (C=O) groups excluding carboxylic acids is 3. The van der Waals surface area contributed by atoms with Crippen molar-refractivity contribution in [3.63, 3.8) is 0 Å². The van der Waals surface area contributed by atoms with Gasteiger partial charge in [0.15, 0.2) is 0 Å². The largest absolute Gasteiger partial charge is 0.466 e. The number of nitrogens with one attached hydrogen (secondary N) is 1. The van der Waals surface area contributed by atoms with E-state index in [9.17, 15) is 14.4 Å². The molecule has 0 radical (unpaired) electrons. The van der Waals surface area contributed by atoms with Crippen molar-refractivity contribution in [1.82, 2.24) is 5.32 Å². The lowest BCUT2D eigenvalue weighted by molar-refractivity contribution is -0.164. The molecular weight excluding hydrogens is 374 g/mol. The van der Waals surface area contributed by atoms with Crippen molar-refractivity contribution in [1.29, 1.82) is 0 Å². The van der Waals surface area contributed by atoms with Gasteiger partial charge in [-0.25, -0.2) is 4.79 Å². The lowest BCUT2D eigenvalue weighted by Crippen LogP contribution is -2.49. The molecule has 0 spiro atoms. The molecule has 2 rings (SSSR count). The fourth-order valence-corrected chi connectivity index (χ4v) is 3.37. The van der Waals surface area contributed by atoms with Crippen molar-refractivity contribution >= 4 is 18.0 Å². The Morgan fingerprint density at radius 2 is 1.72 bits per heavy atom. The number of hydrogen-bond donors (Lipinski definition) is 1. The number of hydrogen-bond acceptors (Lipinski definition) is 6. The molecule has 1 saturated carbocycles. The molecule has 0 unspecified atom stereocenters. The minimum Gasteiger partial charge on any atom is -0.466 e. The van der Waals surface area contributed by atoms with Gasteiger partial charge in [-0.05, 0) is 52.5 Å². The molecular formula is C22H31NO6. The minimum absolute atomic E-state index is 0.141. The van der Waals surface area contributed by atoms with Crippen molar-refractivity contribution < 1.29 is 28.6 Å². The summed E-state index contributed by atoms with van der Waals surface area (Å²) in [6.45, 7) is 7.54. The van der Waals surface area contributed by atoms with Crippen LogP contribution in [0, 0.1) is 11.8 Å². The highest BCUT2D eigenvalue weighted by atomic mass is 16.6. The minimum atomic E-state index is -0.660. The zero-order chi connectivity index (χ0) is 21.4. The van der Waals surface area contributed by atoms with Crippen LogP contribution < -0.4 is 5.32 Å². The van der Waals surface area contributed by atoms with Crippen molar-refractivity contribution in [2.24, 2.45) is 11.8 Å². The molecule has 1 aliphatic rings. The summed E-state index contributed by atoms with van der Waals surface area (Å²) in [6.07, 6.45) is 0.675. The summed E-state index contributed by atoms with van der Waals surface area (Å²) in [5.74, 6) is -1.77. The van der Waals surface area contributed by atoms with E-state index in [4.69, 9.17) is 14.2 Å². The Hall–Kier alpha value is -2.57. The van der Waals surface area contributed by atoms with Crippen LogP contribution in [0.25, 0.3) is 0 Å². The predicted octanol–water partition coefficient (Wildman–Crippen LogP) is 3.60. The molecule has 7 nitrogen and oxygen atoms in total. The van der Waals surface area contributed by atoms with E-state index >= 15 is 0 Å². The Morgan fingerprint density at radius 1 is 1.03 bits per heavy atom. The van der Waals surface area contributed by atoms with Gasteiger partial charge in [0.1, 0.15) is 12.2 Å². The third-order valence-corrected chi connectivity index (χ3v) is 4.70. The predicted molar refractivity (Wildman–Crippen MR) is 107 cm³/mol. The number of benzene rings is 1. The number of rotatable bonds is 6. The Morgan fingerprint density at radius 3 is 2.34 bits per heavy atom. The maximum Gasteiger partial charge on any atom is 0.407 e. The fraction of sp³-hybridized carbons (Fsp3) is 0.591. The van der Waals surface area contributed by atoms with Gasteiger partial charge in [0.2, 0.25) is 0 Å². The van der Waals surface area contributed by atoms with Crippen molar-refractivity contribution in [2.45, 2.75) is 65.2 Å². The maximum absolute atomic E-state index is 12.7. The lowest BCUT2D eigenvalue weighted by Gasteiger charge is -2.35. The zero-order valence-corrected chi connectivity index (χ0v) is 17.6. The quantitative estimate of drug-likeness (QED) is 0.574. The maximum atomic E-state index is 12.7. The molecule has 1 aromatic rings. The topological polar surface area (TPSA) is 90.9 Å². The lowest BCUT2D eigenvalue weighted by atomic mass is 9.78. The molecule has 7 heteroatoms. The van der Waals surface area contributed by atoms with Crippen LogP contribution in [0.5, 0.6) is 0 Å². The molecule has 0 bridgehead atoms. The fourth-order valence-electron chi connectivity index (χ4n) is 3.37. The van der Waals surface area contributed by atoms with Crippen LogP contribution in [-0.2, 0) is 30.4 Å². The first-order valence-electron chi connectivity index (χ1n) is 10.1. The molecule has 0 aromatic heterocycles. The first-order chi connectivity index (χ1) is 13.7. The number of alkyl carbamates (subject to hydrolysis) is 1. The van der Waals surface area contributed by atoms with Crippen LogP contribution in [0.3, 0.4) is 0 Å². The van der Waals surface area contributed by atoms with E-state index in [0.717, 1.165) is 5.56 Å². The average Bonchev–Trinajstić information content (AvgIpc) is 2.66. The molecule has 0 heterocycles. The number of esters is 2. The first kappa shape index (κ1) is 22.7. The van der Waals surface area contributed by atoms with Crippen molar-refractivity contribution in [2.75, 3.05) is 6.61 Å². The second-order valence-corrected chi connectivity index (χ2v) is 8.21. The van der Waals surface area contributed by atoms with Crippen molar-refractivity contribution in [3.05, 3.63) is 35.9 Å². The third kappa shape index (κ3) is 7.40. The normalized spacial score (nSPS) is 21.7. The van der Waals surface area contributed by atoms with Gasteiger partial charge in [-0.1, -0.05) is 30.3 Å². The molecule has 0 saturated heterocycles. The summed E-state index contributed by atoms with van der Waals surface area (Å²) < 4.78 is 15.9. The van der Waals surface area contributed by atoms with E-state index in [1.807, 2.05) is 30.3 Å². The Kier molecular flexibility index (Phi) is 8.05. The van der Waals surface area contributed by atoms with Gasteiger partial charge < -0.3 is 19.5 Å². The summed E-state index contributed by atoms with van der Waals surface area (Å²) in [4.78, 5) is 37.2. The Bertz CT molecular complexity index is 697. The van der Waals surface area contributed by atoms with Crippen molar-refractivity contribution in [3.8, 4) is 0 Å². The van der Waals surface area contributed by atoms with Gasteiger partial charge in [-0.2, -0.15) is 0 Å². The van der Waals surface area contributed by atoms with Gasteiger partial charge in [0, 0.05) is 6.04 Å². The molecule has 1 aliphatic carbocycles. The molecule has 1 N–H and O–H groups in total. The van der Waals surface area contributed by atoms with Gasteiger partial charge in [0.25, 0.3) is 0 Å². The first-order valence-corrected chi connectivity index (χ1v) is 10.1.